The summed E-state index contributed by atoms with van der Waals surface area (Å²) in [6.07, 6.45) is 1.04. The van der Waals surface area contributed by atoms with Crippen LogP contribution in [-0.4, -0.2) is 31.7 Å². The fourth-order valence-corrected chi connectivity index (χ4v) is 1.64. The minimum atomic E-state index is -0.803. The highest BCUT2D eigenvalue weighted by molar-refractivity contribution is 5.83. The number of esters is 1. The molecule has 6 heteroatoms. The molecule has 5 nitrogen and oxygen atoms in total. The molecule has 0 heterocycles. The summed E-state index contributed by atoms with van der Waals surface area (Å²) in [5.74, 6) is -0.891. The number of carbonyl (C=O) groups excluding carboxylic acids is 2. The maximum absolute atomic E-state index is 12.8. The summed E-state index contributed by atoms with van der Waals surface area (Å²) in [7, 11) is 1.26. The maximum Gasteiger partial charge on any atom is 0.328 e. The molecule has 0 saturated carbocycles. The second-order valence-electron chi connectivity index (χ2n) is 4.31. The highest BCUT2D eigenvalue weighted by Gasteiger charge is 2.21. The number of nitrogens with one attached hydrogen (secondary N) is 2. The van der Waals surface area contributed by atoms with Crippen molar-refractivity contribution in [2.75, 3.05) is 13.7 Å². The highest BCUT2D eigenvalue weighted by Crippen LogP contribution is 2.07. The van der Waals surface area contributed by atoms with Gasteiger partial charge in [0.25, 0.3) is 0 Å². The van der Waals surface area contributed by atoms with Crippen molar-refractivity contribution in [1.29, 1.82) is 0 Å². The molecule has 110 valence electrons. The molecule has 1 aromatic rings. The molecule has 0 fully saturated rings. The van der Waals surface area contributed by atoms with Crippen LogP contribution in [0.4, 0.5) is 9.18 Å². The van der Waals surface area contributed by atoms with Gasteiger partial charge >= 0.3 is 12.0 Å². The van der Waals surface area contributed by atoms with Gasteiger partial charge in [-0.2, -0.15) is 0 Å². The van der Waals surface area contributed by atoms with Crippen LogP contribution in [0, 0.1) is 5.82 Å². The highest BCUT2D eigenvalue weighted by atomic mass is 19.1. The first-order chi connectivity index (χ1) is 9.56. The average molecular weight is 282 g/mol. The van der Waals surface area contributed by atoms with Gasteiger partial charge in [-0.1, -0.05) is 19.1 Å². The first kappa shape index (κ1) is 15.9. The van der Waals surface area contributed by atoms with Crippen molar-refractivity contribution in [3.05, 3.63) is 35.6 Å². The number of hydrogen-bond acceptors (Lipinski definition) is 3. The minimum Gasteiger partial charge on any atom is -0.467 e. The predicted octanol–water partition coefficient (Wildman–Crippen LogP) is 1.62. The van der Waals surface area contributed by atoms with Crippen molar-refractivity contribution in [2.45, 2.75) is 25.8 Å². The number of amides is 2. The number of halogens is 1. The number of rotatable bonds is 6. The molecular weight excluding hydrogens is 263 g/mol. The summed E-state index contributed by atoms with van der Waals surface area (Å²) in [6, 6.07) is 4.52. The summed E-state index contributed by atoms with van der Waals surface area (Å²) in [5, 5.41) is 5.17. The molecule has 0 saturated heterocycles. The van der Waals surface area contributed by atoms with Gasteiger partial charge in [0.05, 0.1) is 7.11 Å². The monoisotopic (exact) mass is 282 g/mol. The zero-order chi connectivity index (χ0) is 15.0. The Hall–Kier alpha value is -2.11. The molecule has 1 unspecified atom stereocenters. The minimum absolute atomic E-state index is 0.243. The fourth-order valence-electron chi connectivity index (χ4n) is 1.64. The molecule has 20 heavy (non-hydrogen) atoms. The fraction of sp³-hybridized carbons (Fsp3) is 0.429. The molecule has 0 aliphatic carbocycles. The number of methoxy groups -OCH3 is 1. The zero-order valence-electron chi connectivity index (χ0n) is 11.6. The quantitative estimate of drug-likeness (QED) is 0.779. The summed E-state index contributed by atoms with van der Waals surface area (Å²) in [4.78, 5) is 23.2. The van der Waals surface area contributed by atoms with Gasteiger partial charge in [-0.05, 0) is 24.1 Å². The van der Waals surface area contributed by atoms with E-state index in [0.717, 1.165) is 12.0 Å². The number of urea groups is 1. The van der Waals surface area contributed by atoms with Crippen LogP contribution >= 0.6 is 0 Å². The van der Waals surface area contributed by atoms with Crippen LogP contribution in [0.1, 0.15) is 18.9 Å². The third-order valence-corrected chi connectivity index (χ3v) is 2.68. The molecular formula is C14H19FN2O3. The van der Waals surface area contributed by atoms with Crippen LogP contribution in [0.2, 0.25) is 0 Å². The van der Waals surface area contributed by atoms with Crippen molar-refractivity contribution < 1.29 is 18.7 Å². The summed E-state index contributed by atoms with van der Waals surface area (Å²) in [6.45, 7) is 2.45. The largest absolute Gasteiger partial charge is 0.467 e. The van der Waals surface area contributed by atoms with E-state index in [1.165, 1.54) is 19.2 Å². The molecule has 0 aliphatic heterocycles. The number of ether oxygens (including phenoxy) is 1. The molecule has 1 atom stereocenters. The predicted molar refractivity (Wildman–Crippen MR) is 72.7 cm³/mol. The van der Waals surface area contributed by atoms with E-state index in [1.54, 1.807) is 12.1 Å². The Morgan fingerprint density at radius 3 is 2.50 bits per heavy atom. The van der Waals surface area contributed by atoms with E-state index in [9.17, 15) is 14.0 Å². The Kier molecular flexibility index (Phi) is 6.49. The van der Waals surface area contributed by atoms with Crippen LogP contribution in [0.5, 0.6) is 0 Å². The molecule has 0 bridgehead atoms. The Labute approximate surface area is 117 Å². The standard InChI is InChI=1S/C14H19FN2O3/c1-3-8-16-14(19)17-12(13(18)20-2)9-10-4-6-11(15)7-5-10/h4-7,12H,3,8-9H2,1-2H3,(H2,16,17,19). The lowest BCUT2D eigenvalue weighted by Gasteiger charge is -2.17. The molecule has 0 radical (unpaired) electrons. The van der Waals surface area contributed by atoms with E-state index in [-0.39, 0.29) is 12.2 Å². The molecule has 0 spiro atoms. The van der Waals surface area contributed by atoms with E-state index < -0.39 is 18.0 Å². The SMILES string of the molecule is CCCNC(=O)NC(Cc1ccc(F)cc1)C(=O)OC. The Balaban J connectivity index is 2.67. The van der Waals surface area contributed by atoms with Crippen molar-refractivity contribution in [2.24, 2.45) is 0 Å². The van der Waals surface area contributed by atoms with Gasteiger partial charge in [0.2, 0.25) is 0 Å². The first-order valence-corrected chi connectivity index (χ1v) is 6.43. The van der Waals surface area contributed by atoms with Crippen molar-refractivity contribution >= 4 is 12.0 Å². The zero-order valence-corrected chi connectivity index (χ0v) is 11.6. The smallest absolute Gasteiger partial charge is 0.328 e. The van der Waals surface area contributed by atoms with Gasteiger partial charge in [-0.3, -0.25) is 0 Å². The van der Waals surface area contributed by atoms with Crippen molar-refractivity contribution in [3.63, 3.8) is 0 Å². The lowest BCUT2D eigenvalue weighted by molar-refractivity contribution is -0.142. The molecule has 1 aromatic carbocycles. The second kappa shape index (κ2) is 8.14. The van der Waals surface area contributed by atoms with Crippen LogP contribution in [-0.2, 0) is 16.0 Å². The Morgan fingerprint density at radius 1 is 1.30 bits per heavy atom. The number of benzene rings is 1. The van der Waals surface area contributed by atoms with Crippen LogP contribution in [0.3, 0.4) is 0 Å². The molecule has 0 aromatic heterocycles. The third-order valence-electron chi connectivity index (χ3n) is 2.68. The van der Waals surface area contributed by atoms with Crippen molar-refractivity contribution in [3.8, 4) is 0 Å². The van der Waals surface area contributed by atoms with E-state index >= 15 is 0 Å². The number of hydrogen-bond donors (Lipinski definition) is 2. The molecule has 2 amide bonds. The topological polar surface area (TPSA) is 67.4 Å². The normalized spacial score (nSPS) is 11.6. The second-order valence-corrected chi connectivity index (χ2v) is 4.31. The lowest BCUT2D eigenvalue weighted by Crippen LogP contribution is -2.47. The lowest BCUT2D eigenvalue weighted by atomic mass is 10.1. The molecule has 2 N–H and O–H groups in total. The Morgan fingerprint density at radius 2 is 1.95 bits per heavy atom. The third kappa shape index (κ3) is 5.26. The summed E-state index contributed by atoms with van der Waals surface area (Å²) < 4.78 is 17.5. The van der Waals surface area contributed by atoms with Gasteiger partial charge in [-0.25, -0.2) is 14.0 Å². The van der Waals surface area contributed by atoms with Gasteiger partial charge in [0.1, 0.15) is 11.9 Å². The van der Waals surface area contributed by atoms with Crippen molar-refractivity contribution in [1.82, 2.24) is 10.6 Å². The Bertz CT molecular complexity index is 448. The number of carbonyl (C=O) groups is 2. The van der Waals surface area contributed by atoms with E-state index in [1.807, 2.05) is 6.92 Å². The van der Waals surface area contributed by atoms with E-state index in [2.05, 4.69) is 15.4 Å². The van der Waals surface area contributed by atoms with Gasteiger partial charge in [-0.15, -0.1) is 0 Å². The van der Waals surface area contributed by atoms with Crippen LogP contribution in [0.15, 0.2) is 24.3 Å². The molecule has 1 rings (SSSR count). The van der Waals surface area contributed by atoms with Gasteiger partial charge in [0.15, 0.2) is 0 Å². The summed E-state index contributed by atoms with van der Waals surface area (Å²) in [5.41, 5.74) is 0.734. The van der Waals surface area contributed by atoms with Gasteiger partial charge in [0, 0.05) is 13.0 Å². The van der Waals surface area contributed by atoms with E-state index in [0.29, 0.717) is 6.54 Å². The van der Waals surface area contributed by atoms with Crippen LogP contribution in [0.25, 0.3) is 0 Å². The first-order valence-electron chi connectivity index (χ1n) is 6.43. The molecule has 0 aliphatic rings. The van der Waals surface area contributed by atoms with E-state index in [4.69, 9.17) is 0 Å². The average Bonchev–Trinajstić information content (AvgIpc) is 2.45. The summed E-state index contributed by atoms with van der Waals surface area (Å²) >= 11 is 0. The maximum atomic E-state index is 12.8. The van der Waals surface area contributed by atoms with Crippen LogP contribution < -0.4 is 10.6 Å². The van der Waals surface area contributed by atoms with Gasteiger partial charge < -0.3 is 15.4 Å².